The van der Waals surface area contributed by atoms with Crippen LogP contribution in [0.25, 0.3) is 11.5 Å². The molecule has 1 unspecified atom stereocenters. The van der Waals surface area contributed by atoms with E-state index in [4.69, 9.17) is 0 Å². The van der Waals surface area contributed by atoms with Crippen LogP contribution >= 0.6 is 0 Å². The molecule has 0 bridgehead atoms. The molecule has 2 aromatic rings. The largest absolute Gasteiger partial charge is 0.390 e. The molecule has 1 fully saturated rings. The molecule has 2 aromatic heterocycles. The van der Waals surface area contributed by atoms with E-state index >= 15 is 0 Å². The standard InChI is InChI=1S/C20H29N5O/c1-3-16-12-19(24-20(23-16)18-6-4-5-9-21-18)22-13-17(26)14-25-10-7-15(2)8-11-25/h4-6,9,12,15,17,26H,3,7-8,10-11,13-14H2,1-2H3,(H,22,23,24). The summed E-state index contributed by atoms with van der Waals surface area (Å²) in [6, 6.07) is 7.66. The third-order valence-corrected chi connectivity index (χ3v) is 4.90. The lowest BCUT2D eigenvalue weighted by atomic mass is 9.99. The molecule has 0 saturated carbocycles. The zero-order valence-electron chi connectivity index (χ0n) is 15.7. The molecule has 3 heterocycles. The minimum Gasteiger partial charge on any atom is -0.390 e. The Kier molecular flexibility index (Phi) is 6.52. The summed E-state index contributed by atoms with van der Waals surface area (Å²) < 4.78 is 0. The van der Waals surface area contributed by atoms with Gasteiger partial charge in [-0.1, -0.05) is 19.9 Å². The Hall–Kier alpha value is -2.05. The van der Waals surface area contributed by atoms with Gasteiger partial charge < -0.3 is 15.3 Å². The maximum Gasteiger partial charge on any atom is 0.180 e. The third kappa shape index (κ3) is 5.22. The van der Waals surface area contributed by atoms with Gasteiger partial charge in [0.2, 0.25) is 0 Å². The predicted molar refractivity (Wildman–Crippen MR) is 104 cm³/mol. The molecule has 140 valence electrons. The van der Waals surface area contributed by atoms with Crippen molar-refractivity contribution >= 4 is 5.82 Å². The van der Waals surface area contributed by atoms with Gasteiger partial charge in [0, 0.05) is 31.0 Å². The minimum atomic E-state index is -0.415. The van der Waals surface area contributed by atoms with Crippen LogP contribution in [-0.4, -0.2) is 57.2 Å². The number of piperidine rings is 1. The van der Waals surface area contributed by atoms with E-state index in [0.717, 1.165) is 42.6 Å². The van der Waals surface area contributed by atoms with Crippen molar-refractivity contribution in [3.8, 4) is 11.5 Å². The van der Waals surface area contributed by atoms with Crippen molar-refractivity contribution in [2.75, 3.05) is 31.5 Å². The highest BCUT2D eigenvalue weighted by atomic mass is 16.3. The third-order valence-electron chi connectivity index (χ3n) is 4.90. The van der Waals surface area contributed by atoms with Crippen LogP contribution in [0.4, 0.5) is 5.82 Å². The summed E-state index contributed by atoms with van der Waals surface area (Å²) in [5, 5.41) is 13.7. The number of hydrogen-bond acceptors (Lipinski definition) is 6. The number of nitrogens with zero attached hydrogens (tertiary/aromatic N) is 4. The van der Waals surface area contributed by atoms with Crippen molar-refractivity contribution in [3.05, 3.63) is 36.2 Å². The molecule has 3 rings (SSSR count). The number of rotatable bonds is 7. The van der Waals surface area contributed by atoms with Gasteiger partial charge in [0.1, 0.15) is 11.5 Å². The van der Waals surface area contributed by atoms with Gasteiger partial charge in [0.25, 0.3) is 0 Å². The molecule has 1 aliphatic heterocycles. The highest BCUT2D eigenvalue weighted by Crippen LogP contribution is 2.17. The van der Waals surface area contributed by atoms with Crippen molar-refractivity contribution in [2.24, 2.45) is 5.92 Å². The molecule has 0 aromatic carbocycles. The van der Waals surface area contributed by atoms with Crippen LogP contribution in [0.1, 0.15) is 32.4 Å². The smallest absolute Gasteiger partial charge is 0.180 e. The molecular weight excluding hydrogens is 326 g/mol. The Bertz CT molecular complexity index is 686. The van der Waals surface area contributed by atoms with E-state index in [-0.39, 0.29) is 0 Å². The number of aliphatic hydroxyl groups excluding tert-OH is 1. The number of aliphatic hydroxyl groups is 1. The molecule has 2 N–H and O–H groups in total. The predicted octanol–water partition coefficient (Wildman–Crippen LogP) is 2.61. The van der Waals surface area contributed by atoms with Crippen LogP contribution in [0.3, 0.4) is 0 Å². The summed E-state index contributed by atoms with van der Waals surface area (Å²) in [7, 11) is 0. The van der Waals surface area contributed by atoms with E-state index in [1.807, 2.05) is 24.3 Å². The van der Waals surface area contributed by atoms with Gasteiger partial charge in [-0.05, 0) is 50.4 Å². The first kappa shape index (κ1) is 18.7. The number of likely N-dealkylation sites (tertiary alicyclic amines) is 1. The van der Waals surface area contributed by atoms with Crippen LogP contribution in [0.2, 0.25) is 0 Å². The number of pyridine rings is 1. The molecule has 6 heteroatoms. The van der Waals surface area contributed by atoms with Crippen molar-refractivity contribution in [2.45, 2.75) is 39.2 Å². The molecule has 6 nitrogen and oxygen atoms in total. The second-order valence-corrected chi connectivity index (χ2v) is 7.15. The maximum atomic E-state index is 10.4. The molecule has 0 radical (unpaired) electrons. The Labute approximate surface area is 155 Å². The van der Waals surface area contributed by atoms with Crippen LogP contribution in [0.15, 0.2) is 30.5 Å². The second-order valence-electron chi connectivity index (χ2n) is 7.15. The number of aromatic nitrogens is 3. The highest BCUT2D eigenvalue weighted by Gasteiger charge is 2.18. The Morgan fingerprint density at radius 1 is 1.27 bits per heavy atom. The van der Waals surface area contributed by atoms with E-state index in [9.17, 15) is 5.11 Å². The molecule has 26 heavy (non-hydrogen) atoms. The lowest BCUT2D eigenvalue weighted by molar-refractivity contribution is 0.0989. The van der Waals surface area contributed by atoms with Gasteiger partial charge in [0.15, 0.2) is 5.82 Å². The first-order chi connectivity index (χ1) is 12.6. The summed E-state index contributed by atoms with van der Waals surface area (Å²) in [6.45, 7) is 7.72. The SMILES string of the molecule is CCc1cc(NCC(O)CN2CCC(C)CC2)nc(-c2ccccn2)n1. The Balaban J connectivity index is 1.60. The van der Waals surface area contributed by atoms with Crippen molar-refractivity contribution in [1.29, 1.82) is 0 Å². The van der Waals surface area contributed by atoms with E-state index in [1.54, 1.807) is 6.20 Å². The number of β-amino-alcohol motifs (C(OH)–C–C–N with tert-alkyl or cyclic N) is 1. The lowest BCUT2D eigenvalue weighted by Gasteiger charge is -2.31. The summed E-state index contributed by atoms with van der Waals surface area (Å²) in [4.78, 5) is 15.8. The highest BCUT2D eigenvalue weighted by molar-refractivity contribution is 5.52. The van der Waals surface area contributed by atoms with Gasteiger partial charge in [-0.15, -0.1) is 0 Å². The number of aryl methyl sites for hydroxylation is 1. The first-order valence-electron chi connectivity index (χ1n) is 9.57. The normalized spacial score (nSPS) is 17.2. The fourth-order valence-electron chi connectivity index (χ4n) is 3.21. The molecule has 0 amide bonds. The molecule has 0 aliphatic carbocycles. The summed E-state index contributed by atoms with van der Waals surface area (Å²) in [5.74, 6) is 2.16. The Morgan fingerprint density at radius 3 is 2.77 bits per heavy atom. The summed E-state index contributed by atoms with van der Waals surface area (Å²) >= 11 is 0. The van der Waals surface area contributed by atoms with Crippen LogP contribution in [0, 0.1) is 5.92 Å². The average molecular weight is 355 g/mol. The summed E-state index contributed by atoms with van der Waals surface area (Å²) in [6.07, 6.45) is 4.60. The van der Waals surface area contributed by atoms with E-state index in [0.29, 0.717) is 18.9 Å². The molecule has 1 atom stereocenters. The molecule has 1 saturated heterocycles. The quantitative estimate of drug-likeness (QED) is 0.795. The van der Waals surface area contributed by atoms with Gasteiger partial charge in [-0.2, -0.15) is 0 Å². The Morgan fingerprint density at radius 2 is 2.08 bits per heavy atom. The fourth-order valence-corrected chi connectivity index (χ4v) is 3.21. The van der Waals surface area contributed by atoms with Crippen molar-refractivity contribution in [1.82, 2.24) is 19.9 Å². The van der Waals surface area contributed by atoms with Crippen LogP contribution < -0.4 is 5.32 Å². The van der Waals surface area contributed by atoms with Crippen molar-refractivity contribution < 1.29 is 5.11 Å². The molecule has 0 spiro atoms. The average Bonchev–Trinajstić information content (AvgIpc) is 2.68. The fraction of sp³-hybridized carbons (Fsp3) is 0.550. The molecule has 1 aliphatic rings. The zero-order chi connectivity index (χ0) is 18.4. The van der Waals surface area contributed by atoms with Gasteiger partial charge in [0.05, 0.1) is 6.10 Å². The van der Waals surface area contributed by atoms with E-state index in [1.165, 1.54) is 12.8 Å². The summed E-state index contributed by atoms with van der Waals surface area (Å²) in [5.41, 5.74) is 1.72. The monoisotopic (exact) mass is 355 g/mol. The first-order valence-corrected chi connectivity index (χ1v) is 9.57. The second kappa shape index (κ2) is 9.05. The lowest BCUT2D eigenvalue weighted by Crippen LogP contribution is -2.40. The van der Waals surface area contributed by atoms with Crippen LogP contribution in [0.5, 0.6) is 0 Å². The van der Waals surface area contributed by atoms with Crippen LogP contribution in [-0.2, 0) is 6.42 Å². The topological polar surface area (TPSA) is 74.2 Å². The zero-order valence-corrected chi connectivity index (χ0v) is 15.7. The van der Waals surface area contributed by atoms with E-state index in [2.05, 4.69) is 39.0 Å². The minimum absolute atomic E-state index is 0.415. The van der Waals surface area contributed by atoms with Gasteiger partial charge in [-0.3, -0.25) is 4.98 Å². The maximum absolute atomic E-state index is 10.4. The number of hydrogen-bond donors (Lipinski definition) is 2. The van der Waals surface area contributed by atoms with Gasteiger partial charge >= 0.3 is 0 Å². The number of nitrogens with one attached hydrogen (secondary N) is 1. The van der Waals surface area contributed by atoms with Crippen molar-refractivity contribution in [3.63, 3.8) is 0 Å². The van der Waals surface area contributed by atoms with Gasteiger partial charge in [-0.25, -0.2) is 9.97 Å². The number of anilines is 1. The molecular formula is C20H29N5O. The van der Waals surface area contributed by atoms with E-state index < -0.39 is 6.10 Å².